The van der Waals surface area contributed by atoms with Crippen LogP contribution in [0.2, 0.25) is 5.02 Å². The van der Waals surface area contributed by atoms with Crippen molar-refractivity contribution >= 4 is 17.6 Å². The molecule has 0 spiro atoms. The van der Waals surface area contributed by atoms with E-state index in [2.05, 4.69) is 0 Å². The summed E-state index contributed by atoms with van der Waals surface area (Å²) in [7, 11) is 1.51. The zero-order valence-corrected chi connectivity index (χ0v) is 12.5. The van der Waals surface area contributed by atoms with Gasteiger partial charge in [0.25, 0.3) is 0 Å². The third kappa shape index (κ3) is 3.90. The molecule has 112 valence electrons. The molecule has 0 bridgehead atoms. The van der Waals surface area contributed by atoms with E-state index in [9.17, 15) is 4.79 Å². The monoisotopic (exact) mass is 317 g/mol. The van der Waals surface area contributed by atoms with Gasteiger partial charge in [-0.3, -0.25) is 0 Å². The van der Waals surface area contributed by atoms with Gasteiger partial charge in [0.1, 0.15) is 5.75 Å². The number of esters is 1. The molecule has 0 aliphatic heterocycles. The van der Waals surface area contributed by atoms with Crippen LogP contribution in [0.25, 0.3) is 0 Å². The third-order valence-corrected chi connectivity index (χ3v) is 2.99. The molecule has 0 N–H and O–H groups in total. The van der Waals surface area contributed by atoms with Crippen LogP contribution in [-0.2, 0) is 4.79 Å². The molecule has 0 aromatic heterocycles. The lowest BCUT2D eigenvalue weighted by atomic mass is 10.2. The minimum absolute atomic E-state index is 0.175. The molecule has 0 atom stereocenters. The van der Waals surface area contributed by atoms with E-state index in [4.69, 9.17) is 31.1 Å². The van der Waals surface area contributed by atoms with E-state index < -0.39 is 5.97 Å². The Hall–Kier alpha value is -2.71. The fraction of sp³-hybridized carbons (Fsp3) is 0.125. The molecule has 5 nitrogen and oxygen atoms in total. The highest BCUT2D eigenvalue weighted by atomic mass is 35.5. The summed E-state index contributed by atoms with van der Waals surface area (Å²) in [5.74, 6) is 0.520. The van der Waals surface area contributed by atoms with Crippen LogP contribution in [0.15, 0.2) is 42.5 Å². The van der Waals surface area contributed by atoms with Crippen LogP contribution >= 0.6 is 11.6 Å². The number of halogens is 1. The van der Waals surface area contributed by atoms with Gasteiger partial charge in [0.15, 0.2) is 18.1 Å². The average Bonchev–Trinajstić information content (AvgIpc) is 2.55. The Balaban J connectivity index is 1.98. The molecule has 0 amide bonds. The first-order valence-electron chi connectivity index (χ1n) is 6.30. The number of methoxy groups -OCH3 is 1. The lowest BCUT2D eigenvalue weighted by molar-refractivity contribution is -0.136. The van der Waals surface area contributed by atoms with E-state index in [0.717, 1.165) is 0 Å². The largest absolute Gasteiger partial charge is 0.493 e. The second-order valence-electron chi connectivity index (χ2n) is 4.17. The molecule has 0 aliphatic rings. The average molecular weight is 318 g/mol. The van der Waals surface area contributed by atoms with Crippen molar-refractivity contribution in [3.63, 3.8) is 0 Å². The highest BCUT2D eigenvalue weighted by Crippen LogP contribution is 2.27. The van der Waals surface area contributed by atoms with Crippen LogP contribution < -0.4 is 14.2 Å². The lowest BCUT2D eigenvalue weighted by Gasteiger charge is -2.10. The maximum absolute atomic E-state index is 11.8. The van der Waals surface area contributed by atoms with Crippen LogP contribution in [-0.4, -0.2) is 19.7 Å². The van der Waals surface area contributed by atoms with Gasteiger partial charge in [-0.05, 0) is 30.3 Å². The lowest BCUT2D eigenvalue weighted by Crippen LogP contribution is -2.18. The van der Waals surface area contributed by atoms with Gasteiger partial charge in [-0.15, -0.1) is 0 Å². The van der Waals surface area contributed by atoms with E-state index in [1.54, 1.807) is 24.3 Å². The molecule has 0 radical (unpaired) electrons. The number of hydrogen-bond acceptors (Lipinski definition) is 5. The van der Waals surface area contributed by atoms with Crippen LogP contribution in [0.1, 0.15) is 5.56 Å². The first kappa shape index (κ1) is 15.7. The van der Waals surface area contributed by atoms with Crippen molar-refractivity contribution in [3.8, 4) is 23.3 Å². The van der Waals surface area contributed by atoms with E-state index in [-0.39, 0.29) is 17.4 Å². The summed E-state index contributed by atoms with van der Waals surface area (Å²) in [6, 6.07) is 13.3. The number of benzene rings is 2. The SMILES string of the molecule is COc1ccccc1OCC(=O)Oc1ccc(C#N)cc1Cl. The molecule has 22 heavy (non-hydrogen) atoms. The van der Waals surface area contributed by atoms with Crippen LogP contribution in [0.3, 0.4) is 0 Å². The Kier molecular flexibility index (Phi) is 5.23. The highest BCUT2D eigenvalue weighted by molar-refractivity contribution is 6.32. The summed E-state index contributed by atoms with van der Waals surface area (Å²) in [5, 5.41) is 8.93. The second-order valence-corrected chi connectivity index (χ2v) is 4.58. The molecule has 2 rings (SSSR count). The van der Waals surface area contributed by atoms with Crippen LogP contribution in [0, 0.1) is 11.3 Å². The van der Waals surface area contributed by atoms with Crippen molar-refractivity contribution in [3.05, 3.63) is 53.1 Å². The van der Waals surface area contributed by atoms with Gasteiger partial charge in [0.05, 0.1) is 23.8 Å². The smallest absolute Gasteiger partial charge is 0.349 e. The maximum atomic E-state index is 11.8. The molecule has 2 aromatic rings. The molecule has 0 heterocycles. The predicted octanol–water partition coefficient (Wildman–Crippen LogP) is 3.20. The Labute approximate surface area is 132 Å². The number of rotatable bonds is 5. The first-order valence-corrected chi connectivity index (χ1v) is 6.68. The molecule has 6 heteroatoms. The van der Waals surface area contributed by atoms with Gasteiger partial charge in [-0.25, -0.2) is 4.79 Å². The van der Waals surface area contributed by atoms with E-state index in [1.165, 1.54) is 25.3 Å². The Morgan fingerprint density at radius 1 is 1.18 bits per heavy atom. The third-order valence-electron chi connectivity index (χ3n) is 2.70. The zero-order chi connectivity index (χ0) is 15.9. The van der Waals surface area contributed by atoms with Crippen LogP contribution in [0.5, 0.6) is 17.2 Å². The summed E-state index contributed by atoms with van der Waals surface area (Å²) >= 11 is 5.93. The zero-order valence-electron chi connectivity index (χ0n) is 11.7. The predicted molar refractivity (Wildman–Crippen MR) is 80.3 cm³/mol. The molecule has 0 aliphatic carbocycles. The van der Waals surface area contributed by atoms with Crippen molar-refractivity contribution in [2.75, 3.05) is 13.7 Å². The van der Waals surface area contributed by atoms with Crippen molar-refractivity contribution < 1.29 is 19.0 Å². The number of nitrogens with zero attached hydrogens (tertiary/aromatic N) is 1. The Morgan fingerprint density at radius 3 is 2.55 bits per heavy atom. The minimum atomic E-state index is -0.613. The molecular weight excluding hydrogens is 306 g/mol. The second kappa shape index (κ2) is 7.34. The fourth-order valence-corrected chi connectivity index (χ4v) is 1.90. The summed E-state index contributed by atoms with van der Waals surface area (Å²) in [4.78, 5) is 11.8. The normalized spacial score (nSPS) is 9.68. The summed E-state index contributed by atoms with van der Waals surface area (Å²) in [5.41, 5.74) is 0.384. The Bertz CT molecular complexity index is 724. The summed E-state index contributed by atoms with van der Waals surface area (Å²) < 4.78 is 15.6. The number of carbonyl (C=O) groups excluding carboxylic acids is 1. The van der Waals surface area contributed by atoms with Crippen molar-refractivity contribution in [2.24, 2.45) is 0 Å². The van der Waals surface area contributed by atoms with Crippen molar-refractivity contribution in [1.82, 2.24) is 0 Å². The summed E-state index contributed by atoms with van der Waals surface area (Å²) in [6.07, 6.45) is 0. The highest BCUT2D eigenvalue weighted by Gasteiger charge is 2.11. The van der Waals surface area contributed by atoms with Gasteiger partial charge in [0.2, 0.25) is 0 Å². The quantitative estimate of drug-likeness (QED) is 0.625. The van der Waals surface area contributed by atoms with Crippen molar-refractivity contribution in [1.29, 1.82) is 5.26 Å². The topological polar surface area (TPSA) is 68.6 Å². The summed E-state index contributed by atoms with van der Waals surface area (Å²) in [6.45, 7) is -0.295. The molecule has 0 fully saturated rings. The molecule has 0 saturated heterocycles. The number of hydrogen-bond donors (Lipinski definition) is 0. The fourth-order valence-electron chi connectivity index (χ4n) is 1.68. The van der Waals surface area contributed by atoms with Crippen molar-refractivity contribution in [2.45, 2.75) is 0 Å². The van der Waals surface area contributed by atoms with Gasteiger partial charge < -0.3 is 14.2 Å². The maximum Gasteiger partial charge on any atom is 0.349 e. The minimum Gasteiger partial charge on any atom is -0.493 e. The number of ether oxygens (including phenoxy) is 3. The van der Waals surface area contributed by atoms with Gasteiger partial charge in [-0.1, -0.05) is 23.7 Å². The van der Waals surface area contributed by atoms with E-state index in [1.807, 2.05) is 6.07 Å². The Morgan fingerprint density at radius 2 is 1.91 bits per heavy atom. The molecule has 2 aromatic carbocycles. The van der Waals surface area contributed by atoms with E-state index >= 15 is 0 Å². The van der Waals surface area contributed by atoms with Gasteiger partial charge >= 0.3 is 5.97 Å². The number of nitriles is 1. The number of carbonyl (C=O) groups is 1. The molecule has 0 saturated carbocycles. The van der Waals surface area contributed by atoms with Crippen LogP contribution in [0.4, 0.5) is 0 Å². The first-order chi connectivity index (χ1) is 10.6. The molecule has 0 unspecified atom stereocenters. The standard InChI is InChI=1S/C16H12ClNO4/c1-20-14-4-2-3-5-15(14)21-10-16(19)22-13-7-6-11(9-18)8-12(13)17/h2-8H,10H2,1H3. The van der Waals surface area contributed by atoms with Gasteiger partial charge in [0, 0.05) is 0 Å². The van der Waals surface area contributed by atoms with Gasteiger partial charge in [-0.2, -0.15) is 5.26 Å². The molecular formula is C16H12ClNO4. The number of para-hydroxylation sites is 2. The van der Waals surface area contributed by atoms with E-state index in [0.29, 0.717) is 17.1 Å².